The minimum absolute atomic E-state index is 0.0221. The van der Waals surface area contributed by atoms with E-state index in [1.807, 2.05) is 30.3 Å². The van der Waals surface area contributed by atoms with E-state index in [1.54, 1.807) is 0 Å². The van der Waals surface area contributed by atoms with E-state index in [2.05, 4.69) is 0 Å². The van der Waals surface area contributed by atoms with E-state index in [1.165, 1.54) is 5.56 Å². The highest BCUT2D eigenvalue weighted by molar-refractivity contribution is 5.87. The fourth-order valence-corrected chi connectivity index (χ4v) is 2.02. The largest absolute Gasteiger partial charge is 0.385 e. The van der Waals surface area contributed by atoms with Gasteiger partial charge in [0, 0.05) is 5.92 Å². The average molecular weight is 190 g/mol. The normalized spacial score (nSPS) is 26.8. The molecule has 0 radical (unpaired) electrons. The Kier molecular flexibility index (Phi) is 2.64. The molecule has 1 N–H and O–H groups in total. The second-order valence-corrected chi connectivity index (χ2v) is 3.88. The van der Waals surface area contributed by atoms with Crippen LogP contribution in [0.1, 0.15) is 18.4 Å². The van der Waals surface area contributed by atoms with E-state index in [0.717, 1.165) is 12.8 Å². The Labute approximate surface area is 83.6 Å². The Bertz CT molecular complexity index is 318. The van der Waals surface area contributed by atoms with Crippen molar-refractivity contribution in [3.8, 4) is 0 Å². The standard InChI is InChI=1S/C12H14O2/c13-11-7-6-10(12(11)14)8-9-4-2-1-3-5-9/h1-5,10-11,13H,6-8H2/t10-,11-/m1/s1. The molecular weight excluding hydrogens is 176 g/mol. The van der Waals surface area contributed by atoms with Crippen LogP contribution >= 0.6 is 0 Å². The summed E-state index contributed by atoms with van der Waals surface area (Å²) in [5.41, 5.74) is 1.18. The zero-order valence-electron chi connectivity index (χ0n) is 8.02. The minimum atomic E-state index is -0.705. The third-order valence-corrected chi connectivity index (χ3v) is 2.84. The number of carbonyl (C=O) groups is 1. The lowest BCUT2D eigenvalue weighted by Crippen LogP contribution is -2.19. The first-order valence-corrected chi connectivity index (χ1v) is 5.03. The summed E-state index contributed by atoms with van der Waals surface area (Å²) >= 11 is 0. The average Bonchev–Trinajstić information content (AvgIpc) is 2.52. The predicted molar refractivity (Wildman–Crippen MR) is 53.9 cm³/mol. The van der Waals surface area contributed by atoms with Crippen molar-refractivity contribution in [1.29, 1.82) is 0 Å². The van der Waals surface area contributed by atoms with Crippen LogP contribution in [0.4, 0.5) is 0 Å². The number of aliphatic hydroxyl groups excluding tert-OH is 1. The smallest absolute Gasteiger partial charge is 0.164 e. The van der Waals surface area contributed by atoms with Gasteiger partial charge in [-0.3, -0.25) is 4.79 Å². The van der Waals surface area contributed by atoms with E-state index in [-0.39, 0.29) is 11.7 Å². The van der Waals surface area contributed by atoms with Gasteiger partial charge in [0.2, 0.25) is 0 Å². The van der Waals surface area contributed by atoms with E-state index in [0.29, 0.717) is 6.42 Å². The topological polar surface area (TPSA) is 37.3 Å². The van der Waals surface area contributed by atoms with E-state index in [4.69, 9.17) is 0 Å². The van der Waals surface area contributed by atoms with Crippen molar-refractivity contribution in [2.24, 2.45) is 5.92 Å². The first-order valence-electron chi connectivity index (χ1n) is 5.03. The van der Waals surface area contributed by atoms with Crippen LogP contribution in [0.3, 0.4) is 0 Å². The number of hydrogen-bond donors (Lipinski definition) is 1. The van der Waals surface area contributed by atoms with Crippen molar-refractivity contribution in [2.45, 2.75) is 25.4 Å². The van der Waals surface area contributed by atoms with Gasteiger partial charge in [0.05, 0.1) is 0 Å². The fraction of sp³-hybridized carbons (Fsp3) is 0.417. The summed E-state index contributed by atoms with van der Waals surface area (Å²) in [5.74, 6) is 0.0567. The second-order valence-electron chi connectivity index (χ2n) is 3.88. The molecule has 0 amide bonds. The number of Topliss-reactive ketones (excluding diaryl/α,β-unsaturated/α-hetero) is 1. The summed E-state index contributed by atoms with van der Waals surface area (Å²) in [7, 11) is 0. The molecule has 0 saturated heterocycles. The van der Waals surface area contributed by atoms with Gasteiger partial charge in [0.25, 0.3) is 0 Å². The van der Waals surface area contributed by atoms with Crippen LogP contribution in [0.2, 0.25) is 0 Å². The van der Waals surface area contributed by atoms with Gasteiger partial charge in [0.15, 0.2) is 5.78 Å². The third kappa shape index (κ3) is 1.85. The van der Waals surface area contributed by atoms with Gasteiger partial charge >= 0.3 is 0 Å². The highest BCUT2D eigenvalue weighted by Crippen LogP contribution is 2.25. The molecule has 1 fully saturated rings. The van der Waals surface area contributed by atoms with Crippen LogP contribution in [0.15, 0.2) is 30.3 Å². The molecule has 1 aliphatic carbocycles. The first-order chi connectivity index (χ1) is 6.77. The molecule has 74 valence electrons. The molecular formula is C12H14O2. The molecule has 1 saturated carbocycles. The van der Waals surface area contributed by atoms with Crippen molar-refractivity contribution in [1.82, 2.24) is 0 Å². The molecule has 1 aliphatic rings. The number of rotatable bonds is 2. The van der Waals surface area contributed by atoms with Crippen LogP contribution in [0.5, 0.6) is 0 Å². The highest BCUT2D eigenvalue weighted by Gasteiger charge is 2.32. The molecule has 0 bridgehead atoms. The monoisotopic (exact) mass is 190 g/mol. The van der Waals surface area contributed by atoms with Crippen molar-refractivity contribution < 1.29 is 9.90 Å². The maximum Gasteiger partial charge on any atom is 0.164 e. The molecule has 0 spiro atoms. The van der Waals surface area contributed by atoms with Gasteiger partial charge in [-0.25, -0.2) is 0 Å². The van der Waals surface area contributed by atoms with Crippen molar-refractivity contribution in [3.63, 3.8) is 0 Å². The van der Waals surface area contributed by atoms with Crippen LogP contribution in [-0.2, 0) is 11.2 Å². The third-order valence-electron chi connectivity index (χ3n) is 2.84. The van der Waals surface area contributed by atoms with Gasteiger partial charge < -0.3 is 5.11 Å². The molecule has 1 aromatic carbocycles. The number of ketones is 1. The maximum absolute atomic E-state index is 11.5. The predicted octanol–water partition coefficient (Wildman–Crippen LogP) is 1.57. The molecule has 1 aromatic rings. The number of aliphatic hydroxyl groups is 1. The SMILES string of the molecule is O=C1[C@@H](Cc2ccccc2)CC[C@H]1O. The Morgan fingerprint density at radius 1 is 1.21 bits per heavy atom. The van der Waals surface area contributed by atoms with E-state index >= 15 is 0 Å². The van der Waals surface area contributed by atoms with Gasteiger partial charge in [-0.15, -0.1) is 0 Å². The lowest BCUT2D eigenvalue weighted by atomic mass is 9.97. The van der Waals surface area contributed by atoms with E-state index < -0.39 is 6.10 Å². The molecule has 0 heterocycles. The molecule has 14 heavy (non-hydrogen) atoms. The van der Waals surface area contributed by atoms with Crippen LogP contribution in [0.25, 0.3) is 0 Å². The van der Waals surface area contributed by atoms with Gasteiger partial charge in [0.1, 0.15) is 6.10 Å². The van der Waals surface area contributed by atoms with Gasteiger partial charge in [-0.1, -0.05) is 30.3 Å². The molecule has 2 rings (SSSR count). The van der Waals surface area contributed by atoms with Gasteiger partial charge in [-0.05, 0) is 24.8 Å². The molecule has 2 nitrogen and oxygen atoms in total. The van der Waals surface area contributed by atoms with E-state index in [9.17, 15) is 9.90 Å². The number of benzene rings is 1. The summed E-state index contributed by atoms with van der Waals surface area (Å²) in [6.07, 6.45) is 1.53. The molecule has 2 heteroatoms. The van der Waals surface area contributed by atoms with Crippen molar-refractivity contribution in [3.05, 3.63) is 35.9 Å². The number of hydrogen-bond acceptors (Lipinski definition) is 2. The highest BCUT2D eigenvalue weighted by atomic mass is 16.3. The lowest BCUT2D eigenvalue weighted by Gasteiger charge is -2.07. The second kappa shape index (κ2) is 3.93. The molecule has 0 aromatic heterocycles. The van der Waals surface area contributed by atoms with Crippen LogP contribution in [0, 0.1) is 5.92 Å². The Balaban J connectivity index is 2.02. The summed E-state index contributed by atoms with van der Waals surface area (Å²) in [6, 6.07) is 9.97. The zero-order valence-corrected chi connectivity index (χ0v) is 8.02. The molecule has 0 unspecified atom stereocenters. The quantitative estimate of drug-likeness (QED) is 0.768. The van der Waals surface area contributed by atoms with Gasteiger partial charge in [-0.2, -0.15) is 0 Å². The maximum atomic E-state index is 11.5. The fourth-order valence-electron chi connectivity index (χ4n) is 2.02. The summed E-state index contributed by atoms with van der Waals surface area (Å²) in [4.78, 5) is 11.5. The van der Waals surface area contributed by atoms with Crippen LogP contribution in [-0.4, -0.2) is 17.0 Å². The summed E-state index contributed by atoms with van der Waals surface area (Å²) in [5, 5.41) is 9.30. The molecule has 0 aliphatic heterocycles. The Hall–Kier alpha value is -1.15. The summed E-state index contributed by atoms with van der Waals surface area (Å²) < 4.78 is 0. The Morgan fingerprint density at radius 2 is 1.93 bits per heavy atom. The molecule has 2 atom stereocenters. The summed E-state index contributed by atoms with van der Waals surface area (Å²) in [6.45, 7) is 0. The zero-order chi connectivity index (χ0) is 9.97. The lowest BCUT2D eigenvalue weighted by molar-refractivity contribution is -0.127. The minimum Gasteiger partial charge on any atom is -0.385 e. The van der Waals surface area contributed by atoms with Crippen molar-refractivity contribution in [2.75, 3.05) is 0 Å². The number of carbonyl (C=O) groups excluding carboxylic acids is 1. The van der Waals surface area contributed by atoms with Crippen LogP contribution < -0.4 is 0 Å². The van der Waals surface area contributed by atoms with Crippen molar-refractivity contribution >= 4 is 5.78 Å². The Morgan fingerprint density at radius 3 is 2.50 bits per heavy atom. The first kappa shape index (κ1) is 9.41.